The van der Waals surface area contributed by atoms with E-state index in [2.05, 4.69) is 5.10 Å². The molecular formula is C17H16N2O4S. The first-order valence-electron chi connectivity index (χ1n) is 7.26. The number of ether oxygens (including phenoxy) is 1. The molecule has 124 valence electrons. The van der Waals surface area contributed by atoms with E-state index < -0.39 is 9.84 Å². The molecule has 6 nitrogen and oxygen atoms in total. The molecule has 0 fully saturated rings. The fraction of sp³-hybridized carbons (Fsp3) is 0.176. The Kier molecular flexibility index (Phi) is 4.11. The molecule has 3 rings (SSSR count). The minimum Gasteiger partial charge on any atom is -0.466 e. The fourth-order valence-electron chi connectivity index (χ4n) is 2.24. The smallest absolute Gasteiger partial charge is 0.285 e. The third-order valence-corrected chi connectivity index (χ3v) is 4.70. The van der Waals surface area contributed by atoms with Gasteiger partial charge in [-0.05, 0) is 43.3 Å². The molecule has 0 bridgehead atoms. The third kappa shape index (κ3) is 3.30. The molecule has 0 spiro atoms. The van der Waals surface area contributed by atoms with Crippen LogP contribution in [0.3, 0.4) is 0 Å². The Morgan fingerprint density at radius 3 is 2.25 bits per heavy atom. The summed E-state index contributed by atoms with van der Waals surface area (Å²) in [6.45, 7) is 1.85. The molecule has 0 saturated carbocycles. The van der Waals surface area contributed by atoms with Gasteiger partial charge in [0.05, 0.1) is 10.6 Å². The van der Waals surface area contributed by atoms with Crippen LogP contribution in [0, 0.1) is 6.92 Å². The van der Waals surface area contributed by atoms with Crippen molar-refractivity contribution in [2.45, 2.75) is 11.8 Å². The SMILES string of the molecule is Cc1ccc(C2=NN(c3ccc(S(C)(=O)=O)cc3)C(=O)CO2)cc1. The van der Waals surface area contributed by atoms with Crippen LogP contribution in [0.5, 0.6) is 0 Å². The van der Waals surface area contributed by atoms with E-state index in [0.29, 0.717) is 11.6 Å². The Balaban J connectivity index is 1.95. The Bertz CT molecular complexity index is 901. The summed E-state index contributed by atoms with van der Waals surface area (Å²) in [6.07, 6.45) is 1.13. The van der Waals surface area contributed by atoms with Gasteiger partial charge in [0.2, 0.25) is 5.90 Å². The lowest BCUT2D eigenvalue weighted by atomic mass is 10.1. The number of hydrogen-bond acceptors (Lipinski definition) is 5. The van der Waals surface area contributed by atoms with E-state index in [0.717, 1.165) is 17.4 Å². The minimum absolute atomic E-state index is 0.124. The molecule has 1 aliphatic heterocycles. The number of nitrogens with zero attached hydrogens (tertiary/aromatic N) is 2. The van der Waals surface area contributed by atoms with E-state index >= 15 is 0 Å². The first kappa shape index (κ1) is 16.2. The van der Waals surface area contributed by atoms with Crippen molar-refractivity contribution in [3.8, 4) is 0 Å². The van der Waals surface area contributed by atoms with Crippen LogP contribution in [0.4, 0.5) is 5.69 Å². The van der Waals surface area contributed by atoms with Crippen molar-refractivity contribution in [1.82, 2.24) is 0 Å². The summed E-state index contributed by atoms with van der Waals surface area (Å²) in [6, 6.07) is 13.6. The molecule has 7 heteroatoms. The van der Waals surface area contributed by atoms with Gasteiger partial charge in [-0.1, -0.05) is 17.7 Å². The largest absolute Gasteiger partial charge is 0.466 e. The lowest BCUT2D eigenvalue weighted by Crippen LogP contribution is -2.36. The number of anilines is 1. The Morgan fingerprint density at radius 1 is 1.04 bits per heavy atom. The first-order valence-corrected chi connectivity index (χ1v) is 9.15. The number of hydrogen-bond donors (Lipinski definition) is 0. The van der Waals surface area contributed by atoms with Gasteiger partial charge in [0.1, 0.15) is 0 Å². The van der Waals surface area contributed by atoms with E-state index in [-0.39, 0.29) is 17.4 Å². The maximum absolute atomic E-state index is 12.1. The Hall–Kier alpha value is -2.67. The molecule has 0 radical (unpaired) electrons. The molecule has 0 aromatic heterocycles. The van der Waals surface area contributed by atoms with Crippen LogP contribution < -0.4 is 5.01 Å². The van der Waals surface area contributed by atoms with E-state index in [1.54, 1.807) is 12.1 Å². The highest BCUT2D eigenvalue weighted by Crippen LogP contribution is 2.21. The first-order chi connectivity index (χ1) is 11.3. The zero-order valence-corrected chi connectivity index (χ0v) is 14.1. The Morgan fingerprint density at radius 2 is 1.67 bits per heavy atom. The molecule has 0 aliphatic carbocycles. The summed E-state index contributed by atoms with van der Waals surface area (Å²) in [7, 11) is -3.29. The number of amides is 1. The summed E-state index contributed by atoms with van der Waals surface area (Å²) in [5.74, 6) is 0.0276. The topological polar surface area (TPSA) is 76.0 Å². The Labute approximate surface area is 140 Å². The van der Waals surface area contributed by atoms with Crippen LogP contribution in [0.1, 0.15) is 11.1 Å². The van der Waals surface area contributed by atoms with Crippen molar-refractivity contribution in [2.24, 2.45) is 5.10 Å². The number of benzene rings is 2. The molecule has 0 atom stereocenters. The second-order valence-corrected chi connectivity index (χ2v) is 7.55. The number of hydrazone groups is 1. The normalized spacial score (nSPS) is 15.0. The lowest BCUT2D eigenvalue weighted by Gasteiger charge is -2.24. The maximum Gasteiger partial charge on any atom is 0.285 e. The van der Waals surface area contributed by atoms with Gasteiger partial charge in [0.15, 0.2) is 16.4 Å². The van der Waals surface area contributed by atoms with Crippen LogP contribution in [-0.2, 0) is 19.4 Å². The molecule has 0 N–H and O–H groups in total. The molecule has 0 unspecified atom stereocenters. The lowest BCUT2D eigenvalue weighted by molar-refractivity contribution is -0.121. The van der Waals surface area contributed by atoms with Gasteiger partial charge in [0.25, 0.3) is 5.91 Å². The summed E-state index contributed by atoms with van der Waals surface area (Å²) in [4.78, 5) is 12.3. The number of carbonyl (C=O) groups is 1. The van der Waals surface area contributed by atoms with Crippen molar-refractivity contribution in [1.29, 1.82) is 0 Å². The minimum atomic E-state index is -3.29. The van der Waals surface area contributed by atoms with Gasteiger partial charge in [-0.3, -0.25) is 4.79 Å². The molecule has 1 aliphatic rings. The van der Waals surface area contributed by atoms with Gasteiger partial charge in [-0.2, -0.15) is 5.01 Å². The molecule has 2 aromatic carbocycles. The summed E-state index contributed by atoms with van der Waals surface area (Å²) in [5, 5.41) is 5.48. The van der Waals surface area contributed by atoms with Crippen molar-refractivity contribution in [3.63, 3.8) is 0 Å². The standard InChI is InChI=1S/C17H16N2O4S/c1-12-3-5-13(6-4-12)17-18-19(16(20)11-23-17)14-7-9-15(10-8-14)24(2,21)22/h3-10H,11H2,1-2H3. The van der Waals surface area contributed by atoms with E-state index in [9.17, 15) is 13.2 Å². The number of carbonyl (C=O) groups excluding carboxylic acids is 1. The van der Waals surface area contributed by atoms with Crippen LogP contribution in [0.25, 0.3) is 0 Å². The van der Waals surface area contributed by atoms with Gasteiger partial charge in [-0.25, -0.2) is 8.42 Å². The monoisotopic (exact) mass is 344 g/mol. The highest BCUT2D eigenvalue weighted by molar-refractivity contribution is 7.90. The summed E-state index contributed by atoms with van der Waals surface area (Å²) >= 11 is 0. The van der Waals surface area contributed by atoms with Crippen LogP contribution >= 0.6 is 0 Å². The van der Waals surface area contributed by atoms with Crippen LogP contribution in [-0.4, -0.2) is 33.1 Å². The molecule has 24 heavy (non-hydrogen) atoms. The van der Waals surface area contributed by atoms with Crippen molar-refractivity contribution in [2.75, 3.05) is 17.9 Å². The predicted octanol–water partition coefficient (Wildman–Crippen LogP) is 2.12. The maximum atomic E-state index is 12.1. The van der Waals surface area contributed by atoms with Crippen LogP contribution in [0.15, 0.2) is 58.5 Å². The molecular weight excluding hydrogens is 328 g/mol. The molecule has 0 saturated heterocycles. The van der Waals surface area contributed by atoms with Crippen molar-refractivity contribution >= 4 is 27.3 Å². The van der Waals surface area contributed by atoms with Gasteiger partial charge >= 0.3 is 0 Å². The van der Waals surface area contributed by atoms with Crippen molar-refractivity contribution in [3.05, 3.63) is 59.7 Å². The zero-order valence-electron chi connectivity index (χ0n) is 13.3. The van der Waals surface area contributed by atoms with Gasteiger partial charge < -0.3 is 4.74 Å². The van der Waals surface area contributed by atoms with Gasteiger partial charge in [0, 0.05) is 11.8 Å². The molecule has 1 amide bonds. The number of aryl methyl sites for hydroxylation is 1. The average Bonchev–Trinajstić information content (AvgIpc) is 2.55. The number of sulfone groups is 1. The van der Waals surface area contributed by atoms with Crippen molar-refractivity contribution < 1.29 is 17.9 Å². The number of rotatable bonds is 3. The zero-order chi connectivity index (χ0) is 17.3. The van der Waals surface area contributed by atoms with Gasteiger partial charge in [-0.15, -0.1) is 5.10 Å². The molecule has 1 heterocycles. The molecule has 2 aromatic rings. The summed E-state index contributed by atoms with van der Waals surface area (Å²) in [5.41, 5.74) is 2.37. The quantitative estimate of drug-likeness (QED) is 0.855. The summed E-state index contributed by atoms with van der Waals surface area (Å²) < 4.78 is 28.5. The second kappa shape index (κ2) is 6.09. The second-order valence-electron chi connectivity index (χ2n) is 5.53. The van der Waals surface area contributed by atoms with E-state index in [1.807, 2.05) is 31.2 Å². The average molecular weight is 344 g/mol. The van der Waals surface area contributed by atoms with E-state index in [4.69, 9.17) is 4.74 Å². The third-order valence-electron chi connectivity index (χ3n) is 3.57. The van der Waals surface area contributed by atoms with E-state index in [1.165, 1.54) is 17.1 Å². The predicted molar refractivity (Wildman–Crippen MR) is 90.7 cm³/mol. The highest BCUT2D eigenvalue weighted by Gasteiger charge is 2.24. The fourth-order valence-corrected chi connectivity index (χ4v) is 2.87. The highest BCUT2D eigenvalue weighted by atomic mass is 32.2. The van der Waals surface area contributed by atoms with Crippen LogP contribution in [0.2, 0.25) is 0 Å².